The average molecular weight is 338 g/mol. The number of para-hydroxylation sites is 1. The van der Waals surface area contributed by atoms with E-state index in [0.717, 1.165) is 11.1 Å². The number of fused-ring (bicyclic) bond motifs is 3. The number of aromatic nitrogens is 5. The SMILES string of the molecule is CCNC(=S)n1ncc2c3[nH]n(-c4ccccc4)c(=O)c3cnc21. The molecule has 7 nitrogen and oxygen atoms in total. The summed E-state index contributed by atoms with van der Waals surface area (Å²) in [4.78, 5) is 17.0. The lowest BCUT2D eigenvalue weighted by Crippen LogP contribution is -2.28. The van der Waals surface area contributed by atoms with Crippen LogP contribution in [0.25, 0.3) is 27.6 Å². The Morgan fingerprint density at radius 2 is 2.04 bits per heavy atom. The van der Waals surface area contributed by atoms with Crippen molar-refractivity contribution in [2.24, 2.45) is 0 Å². The Morgan fingerprint density at radius 3 is 2.79 bits per heavy atom. The molecule has 0 aliphatic heterocycles. The Bertz CT molecular complexity index is 1110. The molecule has 8 heteroatoms. The number of rotatable bonds is 2. The van der Waals surface area contributed by atoms with E-state index < -0.39 is 0 Å². The molecule has 0 amide bonds. The predicted octanol–water partition coefficient (Wildman–Crippen LogP) is 1.81. The van der Waals surface area contributed by atoms with E-state index in [4.69, 9.17) is 12.2 Å². The Kier molecular flexibility index (Phi) is 3.39. The van der Waals surface area contributed by atoms with Gasteiger partial charge in [-0.15, -0.1) is 0 Å². The van der Waals surface area contributed by atoms with Crippen LogP contribution >= 0.6 is 12.2 Å². The van der Waals surface area contributed by atoms with Crippen LogP contribution < -0.4 is 10.9 Å². The zero-order chi connectivity index (χ0) is 16.7. The van der Waals surface area contributed by atoms with Gasteiger partial charge >= 0.3 is 0 Å². The van der Waals surface area contributed by atoms with Crippen molar-refractivity contribution < 1.29 is 0 Å². The molecule has 4 aromatic rings. The lowest BCUT2D eigenvalue weighted by molar-refractivity contribution is 0.864. The lowest BCUT2D eigenvalue weighted by atomic mass is 10.2. The highest BCUT2D eigenvalue weighted by Gasteiger charge is 2.16. The second-order valence-corrected chi connectivity index (χ2v) is 5.65. The molecular formula is C16H14N6OS. The van der Waals surface area contributed by atoms with Crippen molar-refractivity contribution in [3.05, 3.63) is 53.1 Å². The molecule has 0 aliphatic rings. The highest BCUT2D eigenvalue weighted by atomic mass is 32.1. The molecule has 120 valence electrons. The van der Waals surface area contributed by atoms with Gasteiger partial charge in [-0.2, -0.15) is 9.78 Å². The standard InChI is InChI=1S/C16H14N6OS/c1-2-17-16(24)22-14-11(9-19-22)13-12(8-18-14)15(23)21(20-13)10-6-4-3-5-7-10/h3-9,20H,2H2,1H3,(H,17,24). The van der Waals surface area contributed by atoms with Crippen LogP contribution in [0.3, 0.4) is 0 Å². The largest absolute Gasteiger partial charge is 0.361 e. The van der Waals surface area contributed by atoms with Crippen LogP contribution in [0.5, 0.6) is 0 Å². The smallest absolute Gasteiger partial charge is 0.280 e. The number of hydrogen-bond acceptors (Lipinski definition) is 4. The molecular weight excluding hydrogens is 324 g/mol. The van der Waals surface area contributed by atoms with Gasteiger partial charge in [0.2, 0.25) is 0 Å². The molecule has 0 unspecified atom stereocenters. The fraction of sp³-hybridized carbons (Fsp3) is 0.125. The van der Waals surface area contributed by atoms with Crippen molar-refractivity contribution in [1.82, 2.24) is 29.9 Å². The van der Waals surface area contributed by atoms with Gasteiger partial charge in [0.25, 0.3) is 5.56 Å². The summed E-state index contributed by atoms with van der Waals surface area (Å²) < 4.78 is 3.07. The van der Waals surface area contributed by atoms with E-state index in [9.17, 15) is 4.79 Å². The van der Waals surface area contributed by atoms with Crippen LogP contribution in [0.4, 0.5) is 0 Å². The van der Waals surface area contributed by atoms with Crippen LogP contribution in [-0.4, -0.2) is 36.2 Å². The summed E-state index contributed by atoms with van der Waals surface area (Å²) >= 11 is 5.30. The Balaban J connectivity index is 1.97. The third-order valence-electron chi connectivity index (χ3n) is 3.79. The molecule has 0 spiro atoms. The summed E-state index contributed by atoms with van der Waals surface area (Å²) in [6, 6.07) is 9.40. The minimum Gasteiger partial charge on any atom is -0.361 e. The van der Waals surface area contributed by atoms with Crippen LogP contribution in [0.2, 0.25) is 0 Å². The second kappa shape index (κ2) is 5.57. The minimum absolute atomic E-state index is 0.146. The molecule has 24 heavy (non-hydrogen) atoms. The van der Waals surface area contributed by atoms with Crippen LogP contribution in [0, 0.1) is 0 Å². The maximum Gasteiger partial charge on any atom is 0.280 e. The number of H-pyrrole nitrogens is 1. The third kappa shape index (κ3) is 2.11. The van der Waals surface area contributed by atoms with E-state index in [2.05, 4.69) is 20.5 Å². The second-order valence-electron chi connectivity index (χ2n) is 5.26. The first-order valence-electron chi connectivity index (χ1n) is 7.51. The lowest BCUT2D eigenvalue weighted by Gasteiger charge is -2.05. The number of nitrogens with one attached hydrogen (secondary N) is 2. The number of aromatic amines is 1. The number of benzene rings is 1. The quantitative estimate of drug-likeness (QED) is 0.545. The van der Waals surface area contributed by atoms with E-state index in [1.54, 1.807) is 17.1 Å². The molecule has 0 atom stereocenters. The summed E-state index contributed by atoms with van der Waals surface area (Å²) in [6.07, 6.45) is 3.22. The topological polar surface area (TPSA) is 80.5 Å². The Morgan fingerprint density at radius 1 is 1.25 bits per heavy atom. The van der Waals surface area contributed by atoms with E-state index >= 15 is 0 Å². The molecule has 0 saturated heterocycles. The van der Waals surface area contributed by atoms with Gasteiger partial charge in [0.15, 0.2) is 10.8 Å². The van der Waals surface area contributed by atoms with Crippen molar-refractivity contribution in [3.8, 4) is 5.69 Å². The molecule has 0 fully saturated rings. The monoisotopic (exact) mass is 338 g/mol. The van der Waals surface area contributed by atoms with E-state index in [-0.39, 0.29) is 5.56 Å². The minimum atomic E-state index is -0.146. The molecule has 0 radical (unpaired) electrons. The number of hydrogen-bond donors (Lipinski definition) is 2. The molecule has 2 N–H and O–H groups in total. The first kappa shape index (κ1) is 14.6. The fourth-order valence-electron chi connectivity index (χ4n) is 2.68. The van der Waals surface area contributed by atoms with Crippen LogP contribution in [0.1, 0.15) is 6.92 Å². The summed E-state index contributed by atoms with van der Waals surface area (Å²) in [7, 11) is 0. The first-order valence-corrected chi connectivity index (χ1v) is 7.92. The summed E-state index contributed by atoms with van der Waals surface area (Å²) in [6.45, 7) is 2.66. The van der Waals surface area contributed by atoms with E-state index in [1.807, 2.05) is 37.3 Å². The van der Waals surface area contributed by atoms with Gasteiger partial charge < -0.3 is 5.32 Å². The number of nitrogens with zero attached hydrogens (tertiary/aromatic N) is 4. The van der Waals surface area contributed by atoms with Crippen molar-refractivity contribution in [2.45, 2.75) is 6.92 Å². The van der Waals surface area contributed by atoms with Gasteiger partial charge in [-0.25, -0.2) is 9.67 Å². The summed E-state index contributed by atoms with van der Waals surface area (Å²) in [5, 5.41) is 12.2. The van der Waals surface area contributed by atoms with E-state index in [1.165, 1.54) is 4.68 Å². The molecule has 0 bridgehead atoms. The molecule has 3 heterocycles. The highest BCUT2D eigenvalue weighted by Crippen LogP contribution is 2.20. The van der Waals surface area contributed by atoms with Gasteiger partial charge in [-0.3, -0.25) is 9.89 Å². The highest BCUT2D eigenvalue weighted by molar-refractivity contribution is 7.80. The van der Waals surface area contributed by atoms with Gasteiger partial charge in [-0.1, -0.05) is 18.2 Å². The maximum absolute atomic E-state index is 12.6. The van der Waals surface area contributed by atoms with Crippen LogP contribution in [0.15, 0.2) is 47.5 Å². The fourth-order valence-corrected chi connectivity index (χ4v) is 2.96. The van der Waals surface area contributed by atoms with E-state index in [0.29, 0.717) is 28.2 Å². The van der Waals surface area contributed by atoms with Gasteiger partial charge in [0.1, 0.15) is 0 Å². The van der Waals surface area contributed by atoms with Gasteiger partial charge in [-0.05, 0) is 31.3 Å². The van der Waals surface area contributed by atoms with Gasteiger partial charge in [0, 0.05) is 12.7 Å². The number of pyridine rings is 1. The summed E-state index contributed by atoms with van der Waals surface area (Å²) in [5.41, 5.74) is 1.92. The molecule has 4 rings (SSSR count). The average Bonchev–Trinajstić information content (AvgIpc) is 3.17. The van der Waals surface area contributed by atoms with Crippen molar-refractivity contribution in [1.29, 1.82) is 0 Å². The number of thiocarbonyl (C=S) groups is 1. The first-order chi connectivity index (χ1) is 11.7. The molecule has 3 aromatic heterocycles. The van der Waals surface area contributed by atoms with Crippen LogP contribution in [-0.2, 0) is 0 Å². The third-order valence-corrected chi connectivity index (χ3v) is 4.11. The zero-order valence-electron chi connectivity index (χ0n) is 12.9. The zero-order valence-corrected chi connectivity index (χ0v) is 13.7. The Hall–Kier alpha value is -3.00. The summed E-state index contributed by atoms with van der Waals surface area (Å²) in [5.74, 6) is 0. The van der Waals surface area contributed by atoms with Crippen molar-refractivity contribution in [3.63, 3.8) is 0 Å². The molecule has 1 aromatic carbocycles. The maximum atomic E-state index is 12.6. The van der Waals surface area contributed by atoms with Gasteiger partial charge in [0.05, 0.1) is 28.2 Å². The molecule has 0 saturated carbocycles. The molecule has 0 aliphatic carbocycles. The van der Waals surface area contributed by atoms with Crippen molar-refractivity contribution in [2.75, 3.05) is 6.54 Å². The predicted molar refractivity (Wildman–Crippen MR) is 96.7 cm³/mol. The van der Waals surface area contributed by atoms with Crippen molar-refractivity contribution >= 4 is 39.3 Å². The Labute approximate surface area is 141 Å². The normalized spacial score (nSPS) is 11.2.